The van der Waals surface area contributed by atoms with Crippen molar-refractivity contribution in [2.45, 2.75) is 45.6 Å². The van der Waals surface area contributed by atoms with Gasteiger partial charge in [0.25, 0.3) is 0 Å². The smallest absolute Gasteiger partial charge is 0.329 e. The van der Waals surface area contributed by atoms with Crippen LogP contribution in [-0.4, -0.2) is 26.6 Å². The fourth-order valence-corrected chi connectivity index (χ4v) is 2.13. The zero-order chi connectivity index (χ0) is 13.3. The van der Waals surface area contributed by atoms with Crippen molar-refractivity contribution in [1.29, 1.82) is 0 Å². The SMILES string of the molecule is CCc1cc(NC(C)(C(=O)O)C2CC2)nc(C)n1. The van der Waals surface area contributed by atoms with Crippen LogP contribution in [0.3, 0.4) is 0 Å². The largest absolute Gasteiger partial charge is 0.480 e. The summed E-state index contributed by atoms with van der Waals surface area (Å²) in [6.07, 6.45) is 2.73. The number of hydrogen-bond acceptors (Lipinski definition) is 4. The van der Waals surface area contributed by atoms with E-state index in [9.17, 15) is 9.90 Å². The number of aryl methyl sites for hydroxylation is 2. The number of carbonyl (C=O) groups is 1. The van der Waals surface area contributed by atoms with Gasteiger partial charge in [-0.25, -0.2) is 14.8 Å². The highest BCUT2D eigenvalue weighted by Gasteiger charge is 2.47. The topological polar surface area (TPSA) is 75.1 Å². The van der Waals surface area contributed by atoms with Crippen LogP contribution < -0.4 is 5.32 Å². The van der Waals surface area contributed by atoms with E-state index in [0.717, 1.165) is 25.0 Å². The number of aliphatic carboxylic acids is 1. The first-order valence-electron chi connectivity index (χ1n) is 6.32. The summed E-state index contributed by atoms with van der Waals surface area (Å²) in [6.45, 7) is 5.57. The Labute approximate surface area is 107 Å². The van der Waals surface area contributed by atoms with E-state index in [-0.39, 0.29) is 5.92 Å². The molecule has 5 nitrogen and oxygen atoms in total. The van der Waals surface area contributed by atoms with Gasteiger partial charge in [0.15, 0.2) is 0 Å². The average Bonchev–Trinajstić information content (AvgIpc) is 3.11. The lowest BCUT2D eigenvalue weighted by Gasteiger charge is -2.27. The van der Waals surface area contributed by atoms with Crippen LogP contribution in [0.1, 0.15) is 38.2 Å². The summed E-state index contributed by atoms with van der Waals surface area (Å²) in [5, 5.41) is 12.5. The Bertz CT molecular complexity index is 471. The number of nitrogens with zero attached hydrogens (tertiary/aromatic N) is 2. The van der Waals surface area contributed by atoms with E-state index in [1.54, 1.807) is 6.92 Å². The molecule has 2 N–H and O–H groups in total. The lowest BCUT2D eigenvalue weighted by Crippen LogP contribution is -2.45. The molecule has 0 spiro atoms. The summed E-state index contributed by atoms with van der Waals surface area (Å²) < 4.78 is 0. The van der Waals surface area contributed by atoms with Gasteiger partial charge in [-0.15, -0.1) is 0 Å². The molecule has 0 bridgehead atoms. The Hall–Kier alpha value is -1.65. The van der Waals surface area contributed by atoms with Gasteiger partial charge in [-0.05, 0) is 39.0 Å². The molecular weight excluding hydrogens is 230 g/mol. The van der Waals surface area contributed by atoms with Gasteiger partial charge in [-0.2, -0.15) is 0 Å². The highest BCUT2D eigenvalue weighted by Crippen LogP contribution is 2.41. The third-order valence-corrected chi connectivity index (χ3v) is 3.48. The maximum absolute atomic E-state index is 11.4. The first-order chi connectivity index (χ1) is 8.45. The highest BCUT2D eigenvalue weighted by atomic mass is 16.4. The molecule has 0 amide bonds. The van der Waals surface area contributed by atoms with E-state index in [0.29, 0.717) is 11.6 Å². The van der Waals surface area contributed by atoms with Crippen LogP contribution >= 0.6 is 0 Å². The Morgan fingerprint density at radius 3 is 2.72 bits per heavy atom. The van der Waals surface area contributed by atoms with E-state index in [4.69, 9.17) is 0 Å². The van der Waals surface area contributed by atoms with Crippen molar-refractivity contribution in [2.24, 2.45) is 5.92 Å². The van der Waals surface area contributed by atoms with Crippen molar-refractivity contribution in [3.8, 4) is 0 Å². The van der Waals surface area contributed by atoms with E-state index < -0.39 is 11.5 Å². The van der Waals surface area contributed by atoms with E-state index in [1.807, 2.05) is 19.9 Å². The second-order valence-electron chi connectivity index (χ2n) is 5.05. The fourth-order valence-electron chi connectivity index (χ4n) is 2.13. The fraction of sp³-hybridized carbons (Fsp3) is 0.615. The van der Waals surface area contributed by atoms with Crippen molar-refractivity contribution in [3.05, 3.63) is 17.6 Å². The van der Waals surface area contributed by atoms with Gasteiger partial charge in [0.1, 0.15) is 17.2 Å². The molecule has 1 fully saturated rings. The van der Waals surface area contributed by atoms with Crippen molar-refractivity contribution in [3.63, 3.8) is 0 Å². The molecule has 2 rings (SSSR count). The quantitative estimate of drug-likeness (QED) is 0.835. The zero-order valence-corrected chi connectivity index (χ0v) is 11.0. The molecule has 1 unspecified atom stereocenters. The van der Waals surface area contributed by atoms with Crippen molar-refractivity contribution < 1.29 is 9.90 Å². The van der Waals surface area contributed by atoms with Crippen LogP contribution in [0.2, 0.25) is 0 Å². The number of carboxylic acids is 1. The van der Waals surface area contributed by atoms with Gasteiger partial charge in [0.2, 0.25) is 0 Å². The standard InChI is InChI=1S/C13H19N3O2/c1-4-10-7-11(15-8(2)14-10)16-13(3,12(17)18)9-5-6-9/h7,9H,4-6H2,1-3H3,(H,17,18)(H,14,15,16). The van der Waals surface area contributed by atoms with Crippen LogP contribution in [0.5, 0.6) is 0 Å². The van der Waals surface area contributed by atoms with Crippen molar-refractivity contribution in [2.75, 3.05) is 5.32 Å². The molecule has 1 aromatic rings. The summed E-state index contributed by atoms with van der Waals surface area (Å²) in [6, 6.07) is 1.83. The Morgan fingerprint density at radius 1 is 1.56 bits per heavy atom. The molecule has 1 heterocycles. The third-order valence-electron chi connectivity index (χ3n) is 3.48. The lowest BCUT2D eigenvalue weighted by atomic mass is 9.96. The Kier molecular flexibility index (Phi) is 3.24. The molecule has 0 aliphatic heterocycles. The second-order valence-corrected chi connectivity index (χ2v) is 5.05. The minimum atomic E-state index is -0.925. The van der Waals surface area contributed by atoms with Crippen LogP contribution in [0.15, 0.2) is 6.07 Å². The Morgan fingerprint density at radius 2 is 2.22 bits per heavy atom. The number of rotatable bonds is 5. The van der Waals surface area contributed by atoms with Crippen LogP contribution in [0, 0.1) is 12.8 Å². The first-order valence-corrected chi connectivity index (χ1v) is 6.32. The number of aromatic nitrogens is 2. The number of carboxylic acid groups (broad SMARTS) is 1. The van der Waals surface area contributed by atoms with Gasteiger partial charge in [0.05, 0.1) is 0 Å². The Balaban J connectivity index is 2.26. The zero-order valence-electron chi connectivity index (χ0n) is 11.0. The summed E-state index contributed by atoms with van der Waals surface area (Å²) in [5.74, 6) is 0.645. The third kappa shape index (κ3) is 2.44. The van der Waals surface area contributed by atoms with E-state index in [2.05, 4.69) is 15.3 Å². The molecule has 98 valence electrons. The monoisotopic (exact) mass is 249 g/mol. The predicted octanol–water partition coefficient (Wildman–Crippen LogP) is 2.01. The number of anilines is 1. The molecule has 1 aliphatic carbocycles. The molecule has 1 aliphatic rings. The molecule has 1 saturated carbocycles. The van der Waals surface area contributed by atoms with Gasteiger partial charge in [-0.1, -0.05) is 6.92 Å². The van der Waals surface area contributed by atoms with Gasteiger partial charge >= 0.3 is 5.97 Å². The summed E-state index contributed by atoms with van der Waals surface area (Å²) >= 11 is 0. The van der Waals surface area contributed by atoms with E-state index >= 15 is 0 Å². The highest BCUT2D eigenvalue weighted by molar-refractivity contribution is 5.82. The maximum Gasteiger partial charge on any atom is 0.329 e. The summed E-state index contributed by atoms with van der Waals surface area (Å²) in [4.78, 5) is 20.0. The molecular formula is C13H19N3O2. The molecule has 0 saturated heterocycles. The minimum absolute atomic E-state index is 0.190. The summed E-state index contributed by atoms with van der Waals surface area (Å²) in [7, 11) is 0. The maximum atomic E-state index is 11.4. The molecule has 0 radical (unpaired) electrons. The van der Waals surface area contributed by atoms with E-state index in [1.165, 1.54) is 0 Å². The first kappa shape index (κ1) is 12.8. The number of nitrogens with one attached hydrogen (secondary N) is 1. The van der Waals surface area contributed by atoms with Gasteiger partial charge < -0.3 is 10.4 Å². The van der Waals surface area contributed by atoms with Crippen LogP contribution in [0.4, 0.5) is 5.82 Å². The van der Waals surface area contributed by atoms with Crippen molar-refractivity contribution in [1.82, 2.24) is 9.97 Å². The lowest BCUT2D eigenvalue weighted by molar-refractivity contribution is -0.142. The van der Waals surface area contributed by atoms with Crippen LogP contribution in [-0.2, 0) is 11.2 Å². The molecule has 18 heavy (non-hydrogen) atoms. The second kappa shape index (κ2) is 4.55. The number of hydrogen-bond donors (Lipinski definition) is 2. The van der Waals surface area contributed by atoms with Gasteiger partial charge in [-0.3, -0.25) is 0 Å². The molecule has 1 atom stereocenters. The predicted molar refractivity (Wildman–Crippen MR) is 68.5 cm³/mol. The molecule has 5 heteroatoms. The molecule has 0 aromatic carbocycles. The van der Waals surface area contributed by atoms with Crippen LogP contribution in [0.25, 0.3) is 0 Å². The summed E-state index contributed by atoms with van der Waals surface area (Å²) in [5.41, 5.74) is -0.000227. The normalized spacial score (nSPS) is 18.2. The average molecular weight is 249 g/mol. The van der Waals surface area contributed by atoms with Crippen molar-refractivity contribution >= 4 is 11.8 Å². The van der Waals surface area contributed by atoms with Gasteiger partial charge in [0, 0.05) is 11.8 Å². The molecule has 1 aromatic heterocycles. The minimum Gasteiger partial charge on any atom is -0.480 e.